The van der Waals surface area contributed by atoms with E-state index in [0.717, 1.165) is 29.5 Å². The molecular formula is C15H17BrN4O. The number of carbonyl (C=O) groups is 1. The molecule has 0 radical (unpaired) electrons. The van der Waals surface area contributed by atoms with Crippen molar-refractivity contribution in [3.05, 3.63) is 46.7 Å². The predicted molar refractivity (Wildman–Crippen MR) is 85.1 cm³/mol. The highest BCUT2D eigenvalue weighted by molar-refractivity contribution is 9.10. The van der Waals surface area contributed by atoms with Crippen LogP contribution in [0.15, 0.2) is 41.1 Å². The molecular weight excluding hydrogens is 332 g/mol. The van der Waals surface area contributed by atoms with E-state index in [2.05, 4.69) is 43.7 Å². The van der Waals surface area contributed by atoms with Crippen molar-refractivity contribution in [2.45, 2.75) is 13.0 Å². The fourth-order valence-corrected chi connectivity index (χ4v) is 2.70. The number of nitrogens with one attached hydrogen (secondary N) is 2. The van der Waals surface area contributed by atoms with Crippen molar-refractivity contribution >= 4 is 27.8 Å². The monoisotopic (exact) mass is 348 g/mol. The standard InChI is InChI=1S/C15H17BrN4O/c16-13-3-1-11(2-4-13)10-20-8-7-18-15(20)19-14(21)12-5-6-17-9-12/h1-4,7-8,12,17H,5-6,9-10H2,(H,18,19,21). The van der Waals surface area contributed by atoms with Crippen LogP contribution in [0.5, 0.6) is 0 Å². The van der Waals surface area contributed by atoms with E-state index in [1.807, 2.05) is 22.9 Å². The van der Waals surface area contributed by atoms with Gasteiger partial charge in [0.25, 0.3) is 0 Å². The van der Waals surface area contributed by atoms with Gasteiger partial charge in [-0.05, 0) is 30.7 Å². The number of hydrogen-bond acceptors (Lipinski definition) is 3. The van der Waals surface area contributed by atoms with E-state index in [1.54, 1.807) is 6.20 Å². The number of amides is 1. The number of benzene rings is 1. The molecule has 1 aliphatic rings. The van der Waals surface area contributed by atoms with Gasteiger partial charge in [0.2, 0.25) is 11.9 Å². The lowest BCUT2D eigenvalue weighted by molar-refractivity contribution is -0.119. The number of carbonyl (C=O) groups excluding carboxylic acids is 1. The van der Waals surface area contributed by atoms with Gasteiger partial charge in [0, 0.05) is 23.4 Å². The van der Waals surface area contributed by atoms with Crippen LogP contribution in [0.2, 0.25) is 0 Å². The number of halogens is 1. The third-order valence-corrected chi connectivity index (χ3v) is 4.18. The Morgan fingerprint density at radius 3 is 2.95 bits per heavy atom. The molecule has 0 aliphatic carbocycles. The van der Waals surface area contributed by atoms with Gasteiger partial charge >= 0.3 is 0 Å². The summed E-state index contributed by atoms with van der Waals surface area (Å²) in [5.74, 6) is 0.695. The van der Waals surface area contributed by atoms with Gasteiger partial charge in [0.1, 0.15) is 0 Å². The first-order valence-corrected chi connectivity index (χ1v) is 7.79. The van der Waals surface area contributed by atoms with Crippen molar-refractivity contribution in [2.24, 2.45) is 5.92 Å². The number of rotatable bonds is 4. The van der Waals surface area contributed by atoms with Gasteiger partial charge in [-0.1, -0.05) is 28.1 Å². The van der Waals surface area contributed by atoms with Crippen LogP contribution >= 0.6 is 15.9 Å². The lowest BCUT2D eigenvalue weighted by Gasteiger charge is -2.12. The van der Waals surface area contributed by atoms with E-state index >= 15 is 0 Å². The van der Waals surface area contributed by atoms with Gasteiger partial charge in [0.05, 0.1) is 12.5 Å². The molecule has 1 unspecified atom stereocenters. The Morgan fingerprint density at radius 1 is 1.43 bits per heavy atom. The highest BCUT2D eigenvalue weighted by Crippen LogP contribution is 2.15. The normalized spacial score (nSPS) is 17.9. The van der Waals surface area contributed by atoms with Crippen LogP contribution in [-0.4, -0.2) is 28.5 Å². The second-order valence-electron chi connectivity index (χ2n) is 5.18. The molecule has 1 aliphatic heterocycles. The second kappa shape index (κ2) is 6.41. The molecule has 1 amide bonds. The Balaban J connectivity index is 1.68. The highest BCUT2D eigenvalue weighted by atomic mass is 79.9. The average Bonchev–Trinajstić information content (AvgIpc) is 3.14. The largest absolute Gasteiger partial charge is 0.316 e. The van der Waals surface area contributed by atoms with Gasteiger partial charge in [0.15, 0.2) is 0 Å². The first-order chi connectivity index (χ1) is 10.2. The fourth-order valence-electron chi connectivity index (χ4n) is 2.44. The van der Waals surface area contributed by atoms with Crippen molar-refractivity contribution in [3.63, 3.8) is 0 Å². The number of aromatic nitrogens is 2. The molecule has 6 heteroatoms. The summed E-state index contributed by atoms with van der Waals surface area (Å²) in [7, 11) is 0. The number of imidazole rings is 1. The van der Waals surface area contributed by atoms with E-state index in [-0.39, 0.29) is 11.8 Å². The number of anilines is 1. The predicted octanol–water partition coefficient (Wildman–Crippen LogP) is 2.24. The zero-order valence-electron chi connectivity index (χ0n) is 11.6. The maximum atomic E-state index is 12.2. The fraction of sp³-hybridized carbons (Fsp3) is 0.333. The lowest BCUT2D eigenvalue weighted by atomic mass is 10.1. The zero-order chi connectivity index (χ0) is 14.7. The van der Waals surface area contributed by atoms with Gasteiger partial charge in [-0.15, -0.1) is 0 Å². The molecule has 2 aromatic rings. The molecule has 110 valence electrons. The van der Waals surface area contributed by atoms with Crippen molar-refractivity contribution < 1.29 is 4.79 Å². The first-order valence-electron chi connectivity index (χ1n) is 6.99. The maximum absolute atomic E-state index is 12.2. The molecule has 1 aromatic carbocycles. The minimum Gasteiger partial charge on any atom is -0.316 e. The van der Waals surface area contributed by atoms with Crippen LogP contribution in [0.1, 0.15) is 12.0 Å². The molecule has 2 heterocycles. The molecule has 5 nitrogen and oxygen atoms in total. The maximum Gasteiger partial charge on any atom is 0.231 e. The molecule has 1 aromatic heterocycles. The summed E-state index contributed by atoms with van der Waals surface area (Å²) < 4.78 is 3.00. The second-order valence-corrected chi connectivity index (χ2v) is 6.10. The lowest BCUT2D eigenvalue weighted by Crippen LogP contribution is -2.26. The van der Waals surface area contributed by atoms with Crippen LogP contribution in [0, 0.1) is 5.92 Å². The van der Waals surface area contributed by atoms with E-state index < -0.39 is 0 Å². The summed E-state index contributed by atoms with van der Waals surface area (Å²) >= 11 is 3.43. The Bertz CT molecular complexity index is 617. The third kappa shape index (κ3) is 3.51. The molecule has 2 N–H and O–H groups in total. The van der Waals surface area contributed by atoms with Gasteiger partial charge in [-0.2, -0.15) is 0 Å². The van der Waals surface area contributed by atoms with E-state index in [9.17, 15) is 4.79 Å². The zero-order valence-corrected chi connectivity index (χ0v) is 13.1. The van der Waals surface area contributed by atoms with Crippen LogP contribution in [0.25, 0.3) is 0 Å². The third-order valence-electron chi connectivity index (χ3n) is 3.65. The Hall–Kier alpha value is -1.66. The molecule has 1 fully saturated rings. The van der Waals surface area contributed by atoms with E-state index in [0.29, 0.717) is 12.5 Å². The smallest absolute Gasteiger partial charge is 0.231 e. The highest BCUT2D eigenvalue weighted by Gasteiger charge is 2.23. The Kier molecular flexibility index (Phi) is 4.36. The van der Waals surface area contributed by atoms with Crippen molar-refractivity contribution in [1.29, 1.82) is 0 Å². The Morgan fingerprint density at radius 2 is 2.24 bits per heavy atom. The van der Waals surface area contributed by atoms with Crippen molar-refractivity contribution in [1.82, 2.24) is 14.9 Å². The van der Waals surface area contributed by atoms with Crippen LogP contribution in [-0.2, 0) is 11.3 Å². The van der Waals surface area contributed by atoms with Crippen molar-refractivity contribution in [2.75, 3.05) is 18.4 Å². The summed E-state index contributed by atoms with van der Waals surface area (Å²) in [5.41, 5.74) is 1.16. The van der Waals surface area contributed by atoms with Crippen molar-refractivity contribution in [3.8, 4) is 0 Å². The van der Waals surface area contributed by atoms with Crippen LogP contribution in [0.4, 0.5) is 5.95 Å². The molecule has 1 saturated heterocycles. The van der Waals surface area contributed by atoms with Gasteiger partial charge in [-0.3, -0.25) is 10.1 Å². The molecule has 0 spiro atoms. The van der Waals surface area contributed by atoms with Crippen LogP contribution in [0.3, 0.4) is 0 Å². The van der Waals surface area contributed by atoms with Gasteiger partial charge in [-0.25, -0.2) is 4.98 Å². The minimum atomic E-state index is 0.0443. The summed E-state index contributed by atoms with van der Waals surface area (Å²) in [6.45, 7) is 2.34. The molecule has 1 atom stereocenters. The molecule has 3 rings (SSSR count). The number of nitrogens with zero attached hydrogens (tertiary/aromatic N) is 2. The summed E-state index contributed by atoms with van der Waals surface area (Å²) in [5, 5.41) is 6.13. The minimum absolute atomic E-state index is 0.0443. The van der Waals surface area contributed by atoms with E-state index in [4.69, 9.17) is 0 Å². The first kappa shape index (κ1) is 14.3. The summed E-state index contributed by atoms with van der Waals surface area (Å²) in [6, 6.07) is 8.12. The summed E-state index contributed by atoms with van der Waals surface area (Å²) in [6.07, 6.45) is 4.48. The number of hydrogen-bond donors (Lipinski definition) is 2. The molecule has 0 bridgehead atoms. The molecule has 21 heavy (non-hydrogen) atoms. The van der Waals surface area contributed by atoms with E-state index in [1.165, 1.54) is 0 Å². The van der Waals surface area contributed by atoms with Crippen LogP contribution < -0.4 is 10.6 Å². The topological polar surface area (TPSA) is 59.0 Å². The van der Waals surface area contributed by atoms with Gasteiger partial charge < -0.3 is 9.88 Å². The molecule has 0 saturated carbocycles. The Labute approximate surface area is 131 Å². The SMILES string of the molecule is O=C(Nc1nccn1Cc1ccc(Br)cc1)C1CCNC1. The summed E-state index contributed by atoms with van der Waals surface area (Å²) in [4.78, 5) is 16.4. The quantitative estimate of drug-likeness (QED) is 0.890. The average molecular weight is 349 g/mol.